The Morgan fingerprint density at radius 3 is 2.45 bits per heavy atom. The van der Waals surface area contributed by atoms with Crippen LogP contribution < -0.4 is 5.32 Å². The van der Waals surface area contributed by atoms with E-state index in [0.717, 1.165) is 51.6 Å². The molecule has 7 nitrogen and oxygen atoms in total. The van der Waals surface area contributed by atoms with Crippen molar-refractivity contribution in [1.29, 1.82) is 0 Å². The van der Waals surface area contributed by atoms with E-state index in [1.165, 1.54) is 6.42 Å². The second-order valence-electron chi connectivity index (χ2n) is 8.79. The first-order chi connectivity index (χ1) is 13.1. The van der Waals surface area contributed by atoms with Gasteiger partial charge in [-0.3, -0.25) is 4.99 Å². The lowest BCUT2D eigenvalue weighted by Crippen LogP contribution is -2.44. The van der Waals surface area contributed by atoms with E-state index < -0.39 is 5.60 Å². The fourth-order valence-corrected chi connectivity index (χ4v) is 3.45. The van der Waals surface area contributed by atoms with Gasteiger partial charge in [0.2, 0.25) is 0 Å². The molecule has 0 aromatic carbocycles. The quantitative estimate of drug-likeness (QED) is 0.299. The van der Waals surface area contributed by atoms with Crippen LogP contribution in [0.5, 0.6) is 0 Å². The molecule has 1 saturated heterocycles. The molecule has 0 radical (unpaired) electrons. The van der Waals surface area contributed by atoms with Crippen LogP contribution in [-0.4, -0.2) is 91.8 Å². The molecule has 0 saturated carbocycles. The summed E-state index contributed by atoms with van der Waals surface area (Å²) >= 11 is 0. The Bertz CT molecular complexity index is 506. The van der Waals surface area contributed by atoms with Crippen molar-refractivity contribution in [3.63, 3.8) is 0 Å². The van der Waals surface area contributed by atoms with Gasteiger partial charge in [-0.1, -0.05) is 13.8 Å². The van der Waals surface area contributed by atoms with Gasteiger partial charge in [-0.25, -0.2) is 4.79 Å². The molecule has 1 amide bonds. The lowest BCUT2D eigenvalue weighted by Gasteiger charge is -2.29. The van der Waals surface area contributed by atoms with Gasteiger partial charge in [0.15, 0.2) is 5.96 Å². The topological polar surface area (TPSA) is 60.4 Å². The van der Waals surface area contributed by atoms with Crippen molar-refractivity contribution in [3.05, 3.63) is 0 Å². The van der Waals surface area contributed by atoms with E-state index in [1.807, 2.05) is 34.7 Å². The van der Waals surface area contributed by atoms with Gasteiger partial charge in [0.05, 0.1) is 0 Å². The molecule has 0 aromatic rings. The lowest BCUT2D eigenvalue weighted by atomic mass is 10.1. The maximum absolute atomic E-state index is 12.2. The average Bonchev–Trinajstić information content (AvgIpc) is 3.09. The number of guanidine groups is 1. The molecule has 172 valence electrons. The molecule has 1 rings (SSSR count). The van der Waals surface area contributed by atoms with Crippen molar-refractivity contribution in [1.82, 2.24) is 20.0 Å². The predicted molar refractivity (Wildman–Crippen MR) is 132 cm³/mol. The highest BCUT2D eigenvalue weighted by Gasteiger charge is 2.26. The van der Waals surface area contributed by atoms with Gasteiger partial charge in [0, 0.05) is 46.3 Å². The summed E-state index contributed by atoms with van der Waals surface area (Å²) in [6.45, 7) is 18.4. The summed E-state index contributed by atoms with van der Waals surface area (Å²) in [5.74, 6) is 1.67. The third kappa shape index (κ3) is 10.2. The number of aliphatic imine (C=N–C) groups is 1. The van der Waals surface area contributed by atoms with Crippen LogP contribution in [0.15, 0.2) is 4.99 Å². The Labute approximate surface area is 195 Å². The molecule has 0 spiro atoms. The summed E-state index contributed by atoms with van der Waals surface area (Å²) in [4.78, 5) is 23.2. The Balaban J connectivity index is 0.00000784. The number of halogens is 1. The number of hydrogen-bond acceptors (Lipinski definition) is 4. The zero-order valence-corrected chi connectivity index (χ0v) is 22.2. The van der Waals surface area contributed by atoms with E-state index in [0.29, 0.717) is 5.92 Å². The minimum absolute atomic E-state index is 0. The molecular weight excluding hydrogens is 481 g/mol. The fourth-order valence-electron chi connectivity index (χ4n) is 3.45. The molecule has 1 aliphatic heterocycles. The maximum atomic E-state index is 12.2. The molecular formula is C21H44IN5O2. The van der Waals surface area contributed by atoms with Crippen LogP contribution in [0.3, 0.4) is 0 Å². The van der Waals surface area contributed by atoms with Crippen LogP contribution in [0.4, 0.5) is 4.79 Å². The number of carbonyl (C=O) groups is 1. The van der Waals surface area contributed by atoms with Gasteiger partial charge >= 0.3 is 6.09 Å². The third-order valence-electron chi connectivity index (χ3n) is 5.40. The highest BCUT2D eigenvalue weighted by Crippen LogP contribution is 2.18. The van der Waals surface area contributed by atoms with E-state index in [9.17, 15) is 4.79 Å². The highest BCUT2D eigenvalue weighted by molar-refractivity contribution is 14.0. The lowest BCUT2D eigenvalue weighted by molar-refractivity contribution is 0.0230. The van der Waals surface area contributed by atoms with E-state index in [2.05, 4.69) is 34.0 Å². The maximum Gasteiger partial charge on any atom is 0.410 e. The summed E-state index contributed by atoms with van der Waals surface area (Å²) in [7, 11) is 3.64. The zero-order valence-electron chi connectivity index (χ0n) is 19.8. The van der Waals surface area contributed by atoms with E-state index >= 15 is 0 Å². The van der Waals surface area contributed by atoms with Crippen LogP contribution in [0.25, 0.3) is 0 Å². The van der Waals surface area contributed by atoms with Gasteiger partial charge in [-0.15, -0.1) is 24.0 Å². The first-order valence-electron chi connectivity index (χ1n) is 10.7. The second kappa shape index (κ2) is 13.5. The number of likely N-dealkylation sites (tertiary alicyclic amines) is 1. The standard InChI is InChI=1S/C21H43N5O2.HI/c1-9-25(10-2)15-18-12-14-26(16-18)19(22-7)23-13-11-17(3)24(8)20(27)28-21(4,5)6;/h17-18H,9-16H2,1-8H3,(H,22,23);1H. The number of nitrogens with zero attached hydrogens (tertiary/aromatic N) is 4. The Morgan fingerprint density at radius 2 is 1.93 bits per heavy atom. The van der Waals surface area contributed by atoms with Crippen molar-refractivity contribution in [3.8, 4) is 0 Å². The Kier molecular flexibility index (Phi) is 13.2. The van der Waals surface area contributed by atoms with E-state index in [1.54, 1.807) is 11.9 Å². The molecule has 1 heterocycles. The van der Waals surface area contributed by atoms with Crippen LogP contribution in [-0.2, 0) is 4.74 Å². The van der Waals surface area contributed by atoms with Crippen LogP contribution in [0, 0.1) is 5.92 Å². The molecule has 8 heteroatoms. The fraction of sp³-hybridized carbons (Fsp3) is 0.905. The van der Waals surface area contributed by atoms with E-state index in [4.69, 9.17) is 4.74 Å². The van der Waals surface area contributed by atoms with Crippen molar-refractivity contribution < 1.29 is 9.53 Å². The van der Waals surface area contributed by atoms with Gasteiger partial charge in [0.25, 0.3) is 0 Å². The molecule has 1 aliphatic rings. The monoisotopic (exact) mass is 525 g/mol. The number of ether oxygens (including phenoxy) is 1. The SMILES string of the molecule is CCN(CC)CC1CCN(C(=NC)NCCC(C)N(C)C(=O)OC(C)(C)C)C1.I. The Hall–Kier alpha value is -0.770. The van der Waals surface area contributed by atoms with Gasteiger partial charge in [-0.2, -0.15) is 0 Å². The first kappa shape index (κ1) is 28.2. The van der Waals surface area contributed by atoms with E-state index in [-0.39, 0.29) is 36.1 Å². The summed E-state index contributed by atoms with van der Waals surface area (Å²) in [5, 5.41) is 3.47. The summed E-state index contributed by atoms with van der Waals surface area (Å²) in [5.41, 5.74) is -0.469. The van der Waals surface area contributed by atoms with Crippen molar-refractivity contribution >= 4 is 36.0 Å². The summed E-state index contributed by atoms with van der Waals surface area (Å²) in [6, 6.07) is 0.0921. The normalized spacial score (nSPS) is 18.4. The number of amides is 1. The van der Waals surface area contributed by atoms with Crippen molar-refractivity contribution in [2.45, 2.75) is 66.0 Å². The second-order valence-corrected chi connectivity index (χ2v) is 8.79. The molecule has 0 aromatic heterocycles. The van der Waals surface area contributed by atoms with Crippen molar-refractivity contribution in [2.24, 2.45) is 10.9 Å². The minimum Gasteiger partial charge on any atom is -0.444 e. The van der Waals surface area contributed by atoms with Crippen LogP contribution in [0.1, 0.15) is 54.4 Å². The van der Waals surface area contributed by atoms with Crippen LogP contribution in [0.2, 0.25) is 0 Å². The molecule has 2 atom stereocenters. The molecule has 0 bridgehead atoms. The molecule has 2 unspecified atom stereocenters. The first-order valence-corrected chi connectivity index (χ1v) is 10.7. The van der Waals surface area contributed by atoms with Crippen LogP contribution >= 0.6 is 24.0 Å². The molecule has 29 heavy (non-hydrogen) atoms. The number of rotatable bonds is 8. The average molecular weight is 526 g/mol. The number of hydrogen-bond donors (Lipinski definition) is 1. The van der Waals surface area contributed by atoms with Gasteiger partial charge in [-0.05, 0) is 59.5 Å². The van der Waals surface area contributed by atoms with Gasteiger partial charge < -0.3 is 24.8 Å². The zero-order chi connectivity index (χ0) is 21.3. The number of nitrogens with one attached hydrogen (secondary N) is 1. The number of carbonyl (C=O) groups excluding carboxylic acids is 1. The third-order valence-corrected chi connectivity index (χ3v) is 5.40. The summed E-state index contributed by atoms with van der Waals surface area (Å²) in [6.07, 6.45) is 1.78. The molecule has 0 aliphatic carbocycles. The van der Waals surface area contributed by atoms with Gasteiger partial charge in [0.1, 0.15) is 5.60 Å². The largest absolute Gasteiger partial charge is 0.444 e. The summed E-state index contributed by atoms with van der Waals surface area (Å²) < 4.78 is 5.44. The van der Waals surface area contributed by atoms with Crippen molar-refractivity contribution in [2.75, 3.05) is 53.4 Å². The Morgan fingerprint density at radius 1 is 1.31 bits per heavy atom. The molecule has 1 N–H and O–H groups in total. The predicted octanol–water partition coefficient (Wildman–Crippen LogP) is 3.49. The smallest absolute Gasteiger partial charge is 0.410 e. The highest BCUT2D eigenvalue weighted by atomic mass is 127. The molecule has 1 fully saturated rings. The minimum atomic E-state index is -0.469.